The third kappa shape index (κ3) is 3.48. The molecule has 0 aliphatic carbocycles. The van der Waals surface area contributed by atoms with E-state index in [4.69, 9.17) is 32.5 Å². The quantitative estimate of drug-likeness (QED) is 0.656. The van der Waals surface area contributed by atoms with Crippen molar-refractivity contribution >= 4 is 23.6 Å². The highest BCUT2D eigenvalue weighted by atomic mass is 35.5. The summed E-state index contributed by atoms with van der Waals surface area (Å²) in [6, 6.07) is 8.36. The van der Waals surface area contributed by atoms with E-state index in [9.17, 15) is 4.79 Å². The van der Waals surface area contributed by atoms with E-state index in [0.717, 1.165) is 0 Å². The molecule has 0 aliphatic rings. The van der Waals surface area contributed by atoms with Crippen LogP contribution in [0.1, 0.15) is 0 Å². The van der Waals surface area contributed by atoms with Crippen molar-refractivity contribution in [3.05, 3.63) is 41.6 Å². The summed E-state index contributed by atoms with van der Waals surface area (Å²) in [4.78, 5) is 22.3. The Morgan fingerprint density at radius 3 is 2.72 bits per heavy atom. The van der Waals surface area contributed by atoms with Gasteiger partial charge in [-0.3, -0.25) is 0 Å². The highest BCUT2D eigenvalue weighted by molar-refractivity contribution is 6.33. The lowest BCUT2D eigenvalue weighted by Crippen LogP contribution is -2.16. The lowest BCUT2D eigenvalue weighted by atomic mass is 10.1. The first-order valence-corrected chi connectivity index (χ1v) is 7.49. The molecular weight excluding hydrogens is 346 g/mol. The molecule has 0 radical (unpaired) electrons. The largest absolute Gasteiger partial charge is 0.497 e. The molecule has 9 heteroatoms. The minimum Gasteiger partial charge on any atom is -0.497 e. The van der Waals surface area contributed by atoms with Gasteiger partial charge < -0.3 is 25.9 Å². The molecule has 1 aromatic carbocycles. The maximum atomic E-state index is 11.2. The molecule has 0 aliphatic heterocycles. The molecule has 2 heterocycles. The number of hydrogen-bond acceptors (Lipinski definition) is 6. The molecule has 0 saturated carbocycles. The number of nitrogens with two attached hydrogens (primary N) is 2. The number of rotatable bonds is 4. The van der Waals surface area contributed by atoms with Crippen molar-refractivity contribution in [2.24, 2.45) is 5.73 Å². The van der Waals surface area contributed by atoms with Gasteiger partial charge in [-0.25, -0.2) is 14.8 Å². The maximum absolute atomic E-state index is 11.2. The number of primary amides is 1. The number of halogens is 1. The van der Waals surface area contributed by atoms with Crippen LogP contribution in [0.25, 0.3) is 22.6 Å². The van der Waals surface area contributed by atoms with Gasteiger partial charge in [-0.15, -0.1) is 0 Å². The Morgan fingerprint density at radius 2 is 2.08 bits per heavy atom. The molecule has 0 unspecified atom stereocenters. The lowest BCUT2D eigenvalue weighted by Gasteiger charge is -2.07. The average Bonchev–Trinajstić information content (AvgIpc) is 2.97. The number of aromatic nitrogens is 3. The summed E-state index contributed by atoms with van der Waals surface area (Å²) < 4.78 is 10.2. The van der Waals surface area contributed by atoms with Gasteiger partial charge in [0.2, 0.25) is 5.95 Å². The lowest BCUT2D eigenvalue weighted by molar-refractivity contribution is 0.211. The fourth-order valence-corrected chi connectivity index (χ4v) is 2.58. The number of benzene rings is 1. The number of ether oxygens (including phenoxy) is 2. The second-order valence-corrected chi connectivity index (χ2v) is 5.40. The van der Waals surface area contributed by atoms with Crippen LogP contribution < -0.4 is 20.9 Å². The van der Waals surface area contributed by atoms with Gasteiger partial charge in [0.05, 0.1) is 29.2 Å². The smallest absolute Gasteiger partial charge is 0.410 e. The van der Waals surface area contributed by atoms with Gasteiger partial charge in [0, 0.05) is 17.8 Å². The summed E-state index contributed by atoms with van der Waals surface area (Å²) in [5.74, 6) is 0.932. The van der Waals surface area contributed by atoms with Crippen LogP contribution in [0.5, 0.6) is 11.5 Å². The zero-order chi connectivity index (χ0) is 18.0. The number of anilines is 1. The minimum absolute atomic E-state index is 0.119. The Balaban J connectivity index is 2.13. The molecule has 25 heavy (non-hydrogen) atoms. The number of nitrogen functional groups attached to an aromatic ring is 1. The average molecular weight is 360 g/mol. The molecule has 0 spiro atoms. The second kappa shape index (κ2) is 6.70. The fraction of sp³-hybridized carbons (Fsp3) is 0.0625. The molecule has 8 nitrogen and oxygen atoms in total. The van der Waals surface area contributed by atoms with E-state index < -0.39 is 6.09 Å². The monoisotopic (exact) mass is 359 g/mol. The number of aromatic amines is 1. The number of methoxy groups -OCH3 is 1. The first-order valence-electron chi connectivity index (χ1n) is 7.11. The summed E-state index contributed by atoms with van der Waals surface area (Å²) in [5.41, 5.74) is 12.9. The SMILES string of the molecule is COc1ccc(-c2[nH]c(-c3ccnc(N)n3)cc2OC(N)=O)c(Cl)c1. The highest BCUT2D eigenvalue weighted by Crippen LogP contribution is 2.38. The fourth-order valence-electron chi connectivity index (χ4n) is 2.31. The van der Waals surface area contributed by atoms with Gasteiger partial charge in [-0.2, -0.15) is 0 Å². The normalized spacial score (nSPS) is 10.5. The maximum Gasteiger partial charge on any atom is 0.410 e. The van der Waals surface area contributed by atoms with Gasteiger partial charge in [0.1, 0.15) is 5.75 Å². The van der Waals surface area contributed by atoms with Crippen molar-refractivity contribution in [1.29, 1.82) is 0 Å². The van der Waals surface area contributed by atoms with Gasteiger partial charge in [-0.1, -0.05) is 11.6 Å². The van der Waals surface area contributed by atoms with Crippen molar-refractivity contribution in [3.8, 4) is 34.1 Å². The van der Waals surface area contributed by atoms with Gasteiger partial charge in [0.15, 0.2) is 5.75 Å². The molecule has 128 valence electrons. The molecule has 0 saturated heterocycles. The Kier molecular flexibility index (Phi) is 4.44. The van der Waals surface area contributed by atoms with E-state index in [1.165, 1.54) is 6.20 Å². The molecule has 0 fully saturated rings. The van der Waals surface area contributed by atoms with Crippen molar-refractivity contribution < 1.29 is 14.3 Å². The third-order valence-corrected chi connectivity index (χ3v) is 3.70. The number of amides is 1. The molecule has 0 atom stereocenters. The van der Waals surface area contributed by atoms with Crippen LogP contribution in [0.4, 0.5) is 10.7 Å². The summed E-state index contributed by atoms with van der Waals surface area (Å²) >= 11 is 6.31. The molecule has 1 amide bonds. The highest BCUT2D eigenvalue weighted by Gasteiger charge is 2.18. The van der Waals surface area contributed by atoms with Crippen LogP contribution in [0.3, 0.4) is 0 Å². The predicted molar refractivity (Wildman–Crippen MR) is 93.4 cm³/mol. The van der Waals surface area contributed by atoms with E-state index in [0.29, 0.717) is 33.4 Å². The Morgan fingerprint density at radius 1 is 1.28 bits per heavy atom. The number of nitrogens with zero attached hydrogens (tertiary/aromatic N) is 2. The first kappa shape index (κ1) is 16.6. The van der Waals surface area contributed by atoms with Crippen LogP contribution in [0.15, 0.2) is 36.5 Å². The van der Waals surface area contributed by atoms with Crippen molar-refractivity contribution in [1.82, 2.24) is 15.0 Å². The van der Waals surface area contributed by atoms with E-state index in [2.05, 4.69) is 15.0 Å². The van der Waals surface area contributed by atoms with E-state index >= 15 is 0 Å². The van der Waals surface area contributed by atoms with Gasteiger partial charge in [-0.05, 0) is 24.3 Å². The summed E-state index contributed by atoms with van der Waals surface area (Å²) in [7, 11) is 1.54. The summed E-state index contributed by atoms with van der Waals surface area (Å²) in [6.45, 7) is 0. The second-order valence-electron chi connectivity index (χ2n) is 4.99. The topological polar surface area (TPSA) is 129 Å². The third-order valence-electron chi connectivity index (χ3n) is 3.39. The van der Waals surface area contributed by atoms with E-state index in [1.54, 1.807) is 37.4 Å². The van der Waals surface area contributed by atoms with Crippen LogP contribution >= 0.6 is 11.6 Å². The molecule has 5 N–H and O–H groups in total. The van der Waals surface area contributed by atoms with Crippen LogP contribution in [-0.2, 0) is 0 Å². The number of nitrogens with one attached hydrogen (secondary N) is 1. The zero-order valence-electron chi connectivity index (χ0n) is 13.1. The molecule has 3 aromatic rings. The summed E-state index contributed by atoms with van der Waals surface area (Å²) in [5, 5.41) is 0.407. The molecule has 3 rings (SSSR count). The van der Waals surface area contributed by atoms with Gasteiger partial charge in [0.25, 0.3) is 0 Å². The van der Waals surface area contributed by atoms with E-state index in [1.807, 2.05) is 0 Å². The molecular formula is C16H14ClN5O3. The Hall–Kier alpha value is -3.26. The van der Waals surface area contributed by atoms with Crippen LogP contribution in [0.2, 0.25) is 5.02 Å². The van der Waals surface area contributed by atoms with Gasteiger partial charge >= 0.3 is 6.09 Å². The zero-order valence-corrected chi connectivity index (χ0v) is 13.9. The first-order chi connectivity index (χ1) is 12.0. The number of carbonyl (C=O) groups excluding carboxylic acids is 1. The number of H-pyrrole nitrogens is 1. The number of carbonyl (C=O) groups is 1. The van der Waals surface area contributed by atoms with Crippen LogP contribution in [0, 0.1) is 0 Å². The Labute approximate surface area is 147 Å². The molecule has 0 bridgehead atoms. The van der Waals surface area contributed by atoms with Crippen molar-refractivity contribution in [2.45, 2.75) is 0 Å². The molecule has 2 aromatic heterocycles. The summed E-state index contributed by atoms with van der Waals surface area (Å²) in [6.07, 6.45) is 0.575. The van der Waals surface area contributed by atoms with Crippen molar-refractivity contribution in [2.75, 3.05) is 12.8 Å². The standard InChI is InChI=1S/C16H14ClN5O3/c1-24-8-2-3-9(10(17)6-8)14-13(25-16(19)23)7-12(21-14)11-4-5-20-15(18)22-11/h2-7,21H,1H3,(H2,19,23)(H2,18,20,22). The van der Waals surface area contributed by atoms with Crippen LogP contribution in [-0.4, -0.2) is 28.2 Å². The number of hydrogen-bond donors (Lipinski definition) is 3. The van der Waals surface area contributed by atoms with E-state index in [-0.39, 0.29) is 11.7 Å². The predicted octanol–water partition coefficient (Wildman–Crippen LogP) is 2.84. The minimum atomic E-state index is -0.946. The van der Waals surface area contributed by atoms with Crippen molar-refractivity contribution in [3.63, 3.8) is 0 Å². The Bertz CT molecular complexity index is 941.